The van der Waals surface area contributed by atoms with Gasteiger partial charge in [0.1, 0.15) is 11.6 Å². The largest absolute Gasteiger partial charge is 0.497 e. The van der Waals surface area contributed by atoms with Crippen LogP contribution in [0.1, 0.15) is 22.8 Å². The molecule has 0 atom stereocenters. The average Bonchev–Trinajstić information content (AvgIpc) is 3.39. The van der Waals surface area contributed by atoms with E-state index in [0.717, 1.165) is 34.0 Å². The minimum absolute atomic E-state index is 0.0961. The number of aryl methyl sites for hydroxylation is 1. The summed E-state index contributed by atoms with van der Waals surface area (Å²) in [5, 5.41) is 14.6. The molecule has 4 aromatic rings. The Labute approximate surface area is 180 Å². The lowest BCUT2D eigenvalue weighted by atomic mass is 10.1. The van der Waals surface area contributed by atoms with E-state index in [1.807, 2.05) is 73.1 Å². The Hall–Kier alpha value is -3.94. The first-order valence-electron chi connectivity index (χ1n) is 9.98. The van der Waals surface area contributed by atoms with Crippen LogP contribution >= 0.6 is 0 Å². The van der Waals surface area contributed by atoms with Crippen LogP contribution in [-0.4, -0.2) is 38.0 Å². The van der Waals surface area contributed by atoms with Gasteiger partial charge >= 0.3 is 0 Å². The number of benzene rings is 2. The van der Waals surface area contributed by atoms with Gasteiger partial charge in [0.05, 0.1) is 31.5 Å². The summed E-state index contributed by atoms with van der Waals surface area (Å²) in [6, 6.07) is 17.4. The lowest BCUT2D eigenvalue weighted by Gasteiger charge is -2.06. The summed E-state index contributed by atoms with van der Waals surface area (Å²) < 4.78 is 7.04. The van der Waals surface area contributed by atoms with E-state index in [2.05, 4.69) is 25.6 Å². The fourth-order valence-electron chi connectivity index (χ4n) is 3.40. The van der Waals surface area contributed by atoms with Gasteiger partial charge in [-0.05, 0) is 50.2 Å². The van der Waals surface area contributed by atoms with Crippen molar-refractivity contribution in [3.63, 3.8) is 0 Å². The maximum absolute atomic E-state index is 12.6. The number of hydrogen-bond donors (Lipinski definition) is 2. The molecule has 8 nitrogen and oxygen atoms in total. The first kappa shape index (κ1) is 20.3. The standard InChI is InChI=1S/C23H24N6O2/c1-15-20(16(2)29(28-15)18-7-5-4-6-8-18)13-22(30)24-14-21-25-23(27-26-21)17-9-11-19(31-3)12-10-17/h4-12H,13-14H2,1-3H3,(H,24,30)(H,25,26,27). The van der Waals surface area contributed by atoms with Gasteiger partial charge in [-0.15, -0.1) is 0 Å². The highest BCUT2D eigenvalue weighted by Gasteiger charge is 2.16. The zero-order chi connectivity index (χ0) is 21.8. The highest BCUT2D eigenvalue weighted by atomic mass is 16.5. The first-order chi connectivity index (χ1) is 15.0. The smallest absolute Gasteiger partial charge is 0.224 e. The summed E-state index contributed by atoms with van der Waals surface area (Å²) in [4.78, 5) is 17.0. The van der Waals surface area contributed by atoms with Crippen molar-refractivity contribution < 1.29 is 9.53 Å². The fourth-order valence-corrected chi connectivity index (χ4v) is 3.40. The van der Waals surface area contributed by atoms with Gasteiger partial charge < -0.3 is 10.1 Å². The van der Waals surface area contributed by atoms with Gasteiger partial charge in [0.2, 0.25) is 5.91 Å². The normalized spacial score (nSPS) is 10.8. The maximum atomic E-state index is 12.6. The van der Waals surface area contributed by atoms with Crippen molar-refractivity contribution in [3.8, 4) is 22.8 Å². The molecule has 0 aliphatic heterocycles. The monoisotopic (exact) mass is 416 g/mol. The second kappa shape index (κ2) is 8.83. The van der Waals surface area contributed by atoms with E-state index >= 15 is 0 Å². The zero-order valence-electron chi connectivity index (χ0n) is 17.7. The van der Waals surface area contributed by atoms with Crippen molar-refractivity contribution in [2.75, 3.05) is 7.11 Å². The molecular formula is C23H24N6O2. The second-order valence-electron chi connectivity index (χ2n) is 7.18. The van der Waals surface area contributed by atoms with E-state index < -0.39 is 0 Å². The van der Waals surface area contributed by atoms with Crippen molar-refractivity contribution in [2.24, 2.45) is 0 Å². The quantitative estimate of drug-likeness (QED) is 0.482. The van der Waals surface area contributed by atoms with Gasteiger partial charge in [0.25, 0.3) is 0 Å². The number of nitrogens with one attached hydrogen (secondary N) is 2. The molecule has 2 heterocycles. The molecule has 8 heteroatoms. The highest BCUT2D eigenvalue weighted by Crippen LogP contribution is 2.20. The number of methoxy groups -OCH3 is 1. The number of para-hydroxylation sites is 1. The molecule has 158 valence electrons. The molecule has 31 heavy (non-hydrogen) atoms. The molecule has 0 aliphatic rings. The van der Waals surface area contributed by atoms with Crippen LogP contribution in [0.4, 0.5) is 0 Å². The molecule has 0 saturated heterocycles. The molecule has 0 saturated carbocycles. The van der Waals surface area contributed by atoms with Gasteiger partial charge in [-0.1, -0.05) is 18.2 Å². The van der Waals surface area contributed by atoms with Crippen LogP contribution in [0.15, 0.2) is 54.6 Å². The topological polar surface area (TPSA) is 97.7 Å². The Morgan fingerprint density at radius 2 is 1.84 bits per heavy atom. The number of amides is 1. The van der Waals surface area contributed by atoms with Gasteiger partial charge in [0, 0.05) is 16.8 Å². The number of aromatic amines is 1. The molecule has 2 N–H and O–H groups in total. The number of H-pyrrole nitrogens is 1. The van der Waals surface area contributed by atoms with E-state index in [4.69, 9.17) is 4.74 Å². The minimum atomic E-state index is -0.0961. The Bertz CT molecular complexity index is 1180. The molecule has 1 amide bonds. The molecule has 0 fully saturated rings. The molecule has 0 radical (unpaired) electrons. The first-order valence-corrected chi connectivity index (χ1v) is 9.98. The maximum Gasteiger partial charge on any atom is 0.224 e. The lowest BCUT2D eigenvalue weighted by molar-refractivity contribution is -0.120. The molecule has 0 unspecified atom stereocenters. The van der Waals surface area contributed by atoms with Crippen molar-refractivity contribution in [3.05, 3.63) is 77.4 Å². The molecule has 0 bridgehead atoms. The SMILES string of the molecule is COc1ccc(-c2n[nH]c(CNC(=O)Cc3c(C)nn(-c4ccccc4)c3C)n2)cc1. The number of hydrogen-bond acceptors (Lipinski definition) is 5. The molecule has 4 rings (SSSR count). The van der Waals surface area contributed by atoms with Gasteiger partial charge in [-0.25, -0.2) is 9.67 Å². The van der Waals surface area contributed by atoms with Crippen molar-refractivity contribution in [2.45, 2.75) is 26.8 Å². The molecule has 2 aromatic carbocycles. The Kier molecular flexibility index (Phi) is 5.79. The number of rotatable bonds is 7. The number of nitrogens with zero attached hydrogens (tertiary/aromatic N) is 4. The van der Waals surface area contributed by atoms with E-state index in [1.54, 1.807) is 7.11 Å². The second-order valence-corrected chi connectivity index (χ2v) is 7.18. The number of carbonyl (C=O) groups excluding carboxylic acids is 1. The molecular weight excluding hydrogens is 392 g/mol. The number of aromatic nitrogens is 5. The Balaban J connectivity index is 1.39. The molecule has 2 aromatic heterocycles. The Morgan fingerprint density at radius 1 is 1.10 bits per heavy atom. The summed E-state index contributed by atoms with van der Waals surface area (Å²) in [5.41, 5.74) is 4.58. The fraction of sp³-hybridized carbons (Fsp3) is 0.217. The van der Waals surface area contributed by atoms with Crippen LogP contribution in [-0.2, 0) is 17.8 Å². The average molecular weight is 416 g/mol. The van der Waals surface area contributed by atoms with E-state index in [-0.39, 0.29) is 18.9 Å². The summed E-state index contributed by atoms with van der Waals surface area (Å²) in [6.45, 7) is 4.17. The summed E-state index contributed by atoms with van der Waals surface area (Å²) >= 11 is 0. The van der Waals surface area contributed by atoms with E-state index in [0.29, 0.717) is 11.6 Å². The van der Waals surface area contributed by atoms with Crippen molar-refractivity contribution in [1.82, 2.24) is 30.3 Å². The van der Waals surface area contributed by atoms with E-state index in [9.17, 15) is 4.79 Å². The van der Waals surface area contributed by atoms with Crippen molar-refractivity contribution >= 4 is 5.91 Å². The van der Waals surface area contributed by atoms with Crippen LogP contribution in [0.3, 0.4) is 0 Å². The summed E-state index contributed by atoms with van der Waals surface area (Å²) in [5.74, 6) is 1.84. The minimum Gasteiger partial charge on any atom is -0.497 e. The van der Waals surface area contributed by atoms with Gasteiger partial charge in [0.15, 0.2) is 5.82 Å². The molecule has 0 spiro atoms. The van der Waals surface area contributed by atoms with Gasteiger partial charge in [-0.3, -0.25) is 9.89 Å². The third kappa shape index (κ3) is 4.48. The van der Waals surface area contributed by atoms with Crippen LogP contribution in [0, 0.1) is 13.8 Å². The third-order valence-electron chi connectivity index (χ3n) is 5.11. The highest BCUT2D eigenvalue weighted by molar-refractivity contribution is 5.79. The van der Waals surface area contributed by atoms with Crippen LogP contribution in [0.2, 0.25) is 0 Å². The number of carbonyl (C=O) groups is 1. The predicted molar refractivity (Wildman–Crippen MR) is 117 cm³/mol. The third-order valence-corrected chi connectivity index (χ3v) is 5.11. The number of ether oxygens (including phenoxy) is 1. The zero-order valence-corrected chi connectivity index (χ0v) is 17.7. The van der Waals surface area contributed by atoms with Gasteiger partial charge in [-0.2, -0.15) is 10.2 Å². The lowest BCUT2D eigenvalue weighted by Crippen LogP contribution is -2.25. The molecule has 0 aliphatic carbocycles. The summed E-state index contributed by atoms with van der Waals surface area (Å²) in [7, 11) is 1.62. The summed E-state index contributed by atoms with van der Waals surface area (Å²) in [6.07, 6.45) is 0.254. The van der Waals surface area contributed by atoms with E-state index in [1.165, 1.54) is 0 Å². The Morgan fingerprint density at radius 3 is 2.55 bits per heavy atom. The van der Waals surface area contributed by atoms with Crippen LogP contribution in [0.5, 0.6) is 5.75 Å². The predicted octanol–water partition coefficient (Wildman–Crippen LogP) is 3.14. The van der Waals surface area contributed by atoms with Crippen LogP contribution in [0.25, 0.3) is 17.1 Å². The van der Waals surface area contributed by atoms with Crippen LogP contribution < -0.4 is 10.1 Å². The van der Waals surface area contributed by atoms with Crippen molar-refractivity contribution in [1.29, 1.82) is 0 Å².